The molecule has 1 N–H and O–H groups in total. The molecule has 124 valence electrons. The molecule has 8 heteroatoms. The van der Waals surface area contributed by atoms with Gasteiger partial charge in [0.25, 0.3) is 5.91 Å². The van der Waals surface area contributed by atoms with Crippen molar-refractivity contribution in [3.8, 4) is 0 Å². The van der Waals surface area contributed by atoms with E-state index in [1.165, 1.54) is 22.2 Å². The molecular formula is C15H20N4O3S. The summed E-state index contributed by atoms with van der Waals surface area (Å²) in [5.74, 6) is -0.534. The van der Waals surface area contributed by atoms with Crippen LogP contribution in [0.3, 0.4) is 0 Å². The first-order valence-corrected chi connectivity index (χ1v) is 7.93. The second-order valence-electron chi connectivity index (χ2n) is 6.18. The molecule has 0 unspecified atom stereocenters. The van der Waals surface area contributed by atoms with Crippen LogP contribution < -0.4 is 5.32 Å². The Hall–Kier alpha value is -2.22. The number of nitrogens with zero attached hydrogens (tertiary/aromatic N) is 3. The minimum Gasteiger partial charge on any atom is -0.442 e. The Labute approximate surface area is 138 Å². The number of thiazole rings is 1. The van der Waals surface area contributed by atoms with Gasteiger partial charge in [-0.3, -0.25) is 9.59 Å². The molecule has 0 aromatic carbocycles. The molecule has 0 saturated carbocycles. The van der Waals surface area contributed by atoms with E-state index in [4.69, 9.17) is 4.74 Å². The van der Waals surface area contributed by atoms with E-state index in [0.29, 0.717) is 16.3 Å². The van der Waals surface area contributed by atoms with Crippen molar-refractivity contribution in [2.75, 3.05) is 5.32 Å². The van der Waals surface area contributed by atoms with Crippen LogP contribution in [0, 0.1) is 19.3 Å². The van der Waals surface area contributed by atoms with E-state index >= 15 is 0 Å². The maximum atomic E-state index is 12.2. The first kappa shape index (κ1) is 17.1. The quantitative estimate of drug-likeness (QED) is 0.868. The minimum absolute atomic E-state index is 0.00463. The van der Waals surface area contributed by atoms with Gasteiger partial charge in [-0.25, -0.2) is 9.67 Å². The zero-order valence-electron chi connectivity index (χ0n) is 13.8. The number of nitrogens with one attached hydrogen (secondary N) is 1. The molecule has 0 spiro atoms. The average molecular weight is 336 g/mol. The van der Waals surface area contributed by atoms with Crippen molar-refractivity contribution < 1.29 is 14.3 Å². The molecule has 0 saturated heterocycles. The van der Waals surface area contributed by atoms with E-state index < -0.39 is 5.41 Å². The number of rotatable bonds is 4. The van der Waals surface area contributed by atoms with Crippen molar-refractivity contribution in [3.63, 3.8) is 0 Å². The van der Waals surface area contributed by atoms with E-state index in [1.807, 2.05) is 6.92 Å². The first-order chi connectivity index (χ1) is 10.7. The van der Waals surface area contributed by atoms with Crippen LogP contribution in [0.25, 0.3) is 0 Å². The maximum Gasteiger partial charge on any atom is 0.313 e. The lowest BCUT2D eigenvalue weighted by atomic mass is 9.98. The van der Waals surface area contributed by atoms with E-state index in [0.717, 1.165) is 5.01 Å². The van der Waals surface area contributed by atoms with Gasteiger partial charge >= 0.3 is 5.97 Å². The number of hydrogen-bond acceptors (Lipinski definition) is 6. The summed E-state index contributed by atoms with van der Waals surface area (Å²) in [5, 5.41) is 7.66. The highest BCUT2D eigenvalue weighted by atomic mass is 32.1. The number of anilines is 1. The highest BCUT2D eigenvalue weighted by Crippen LogP contribution is 2.19. The van der Waals surface area contributed by atoms with Gasteiger partial charge in [0.05, 0.1) is 34.2 Å². The molecule has 0 aliphatic rings. The first-order valence-electron chi connectivity index (χ1n) is 7.12. The normalized spacial score (nSPS) is 11.3. The number of esters is 1. The van der Waals surface area contributed by atoms with Crippen molar-refractivity contribution in [2.45, 2.75) is 41.3 Å². The molecule has 2 aromatic rings. The Morgan fingerprint density at radius 2 is 2.04 bits per heavy atom. The average Bonchev–Trinajstić information content (AvgIpc) is 3.01. The third-order valence-corrected chi connectivity index (χ3v) is 4.01. The zero-order valence-corrected chi connectivity index (χ0v) is 14.7. The molecule has 0 fully saturated rings. The van der Waals surface area contributed by atoms with Gasteiger partial charge in [0.15, 0.2) is 6.73 Å². The van der Waals surface area contributed by atoms with Gasteiger partial charge in [-0.15, -0.1) is 11.3 Å². The fourth-order valence-electron chi connectivity index (χ4n) is 1.77. The molecular weight excluding hydrogens is 316 g/mol. The number of aryl methyl sites for hydroxylation is 2. The molecule has 0 atom stereocenters. The molecule has 2 heterocycles. The van der Waals surface area contributed by atoms with Gasteiger partial charge in [-0.05, 0) is 34.6 Å². The lowest BCUT2D eigenvalue weighted by Gasteiger charge is -2.16. The minimum atomic E-state index is -0.564. The largest absolute Gasteiger partial charge is 0.442 e. The Bertz CT molecular complexity index is 727. The van der Waals surface area contributed by atoms with E-state index in [-0.39, 0.29) is 18.6 Å². The topological polar surface area (TPSA) is 86.1 Å². The van der Waals surface area contributed by atoms with Crippen molar-refractivity contribution in [1.29, 1.82) is 0 Å². The molecule has 0 aliphatic carbocycles. The highest BCUT2D eigenvalue weighted by Gasteiger charge is 2.23. The molecule has 2 aromatic heterocycles. The predicted octanol–water partition coefficient (Wildman–Crippen LogP) is 2.76. The Kier molecular flexibility index (Phi) is 4.84. The summed E-state index contributed by atoms with van der Waals surface area (Å²) in [6.45, 7) is 9.00. The SMILES string of the molecule is Cc1nc(C)c(C(=O)Nc2cnn(COC(=O)C(C)(C)C)c2)s1. The number of hydrogen-bond donors (Lipinski definition) is 1. The number of ether oxygens (including phenoxy) is 1. The monoisotopic (exact) mass is 336 g/mol. The number of aromatic nitrogens is 3. The summed E-state index contributed by atoms with van der Waals surface area (Å²) in [6.07, 6.45) is 3.11. The van der Waals surface area contributed by atoms with Crippen LogP contribution in [0.1, 0.15) is 41.1 Å². The lowest BCUT2D eigenvalue weighted by Crippen LogP contribution is -2.24. The van der Waals surface area contributed by atoms with Crippen LogP contribution in [0.15, 0.2) is 12.4 Å². The van der Waals surface area contributed by atoms with Gasteiger partial charge in [0, 0.05) is 0 Å². The summed E-state index contributed by atoms with van der Waals surface area (Å²) in [5.41, 5.74) is 0.676. The molecule has 2 rings (SSSR count). The predicted molar refractivity (Wildman–Crippen MR) is 87.3 cm³/mol. The van der Waals surface area contributed by atoms with Crippen LogP contribution in [-0.4, -0.2) is 26.6 Å². The van der Waals surface area contributed by atoms with Crippen molar-refractivity contribution in [1.82, 2.24) is 14.8 Å². The standard InChI is InChI=1S/C15H20N4O3S/c1-9-12(23-10(2)17-9)13(20)18-11-6-16-19(7-11)8-22-14(21)15(3,4)5/h6-7H,8H2,1-5H3,(H,18,20). The molecule has 23 heavy (non-hydrogen) atoms. The van der Waals surface area contributed by atoms with Crippen LogP contribution >= 0.6 is 11.3 Å². The van der Waals surface area contributed by atoms with Gasteiger partial charge in [0.2, 0.25) is 0 Å². The third-order valence-electron chi connectivity index (χ3n) is 2.94. The summed E-state index contributed by atoms with van der Waals surface area (Å²) in [6, 6.07) is 0. The molecule has 0 bridgehead atoms. The molecule has 7 nitrogen and oxygen atoms in total. The van der Waals surface area contributed by atoms with E-state index in [2.05, 4.69) is 15.4 Å². The van der Waals surface area contributed by atoms with E-state index in [1.54, 1.807) is 33.9 Å². The van der Waals surface area contributed by atoms with Crippen LogP contribution in [0.2, 0.25) is 0 Å². The molecule has 0 aliphatic heterocycles. The lowest BCUT2D eigenvalue weighted by molar-refractivity contribution is -0.157. The zero-order chi connectivity index (χ0) is 17.2. The van der Waals surface area contributed by atoms with Gasteiger partial charge in [0.1, 0.15) is 4.88 Å². The number of carbonyl (C=O) groups excluding carboxylic acids is 2. The van der Waals surface area contributed by atoms with Crippen molar-refractivity contribution in [2.24, 2.45) is 5.41 Å². The summed E-state index contributed by atoms with van der Waals surface area (Å²) < 4.78 is 6.61. The van der Waals surface area contributed by atoms with Crippen molar-refractivity contribution in [3.05, 3.63) is 28.0 Å². The van der Waals surface area contributed by atoms with Crippen LogP contribution in [0.5, 0.6) is 0 Å². The summed E-state index contributed by atoms with van der Waals surface area (Å²) in [7, 11) is 0. The summed E-state index contributed by atoms with van der Waals surface area (Å²) >= 11 is 1.35. The summed E-state index contributed by atoms with van der Waals surface area (Å²) in [4.78, 5) is 28.7. The molecule has 1 amide bonds. The highest BCUT2D eigenvalue weighted by molar-refractivity contribution is 7.13. The number of carbonyl (C=O) groups is 2. The van der Waals surface area contributed by atoms with E-state index in [9.17, 15) is 9.59 Å². The van der Waals surface area contributed by atoms with Crippen LogP contribution in [-0.2, 0) is 16.3 Å². The van der Waals surface area contributed by atoms with Crippen LogP contribution in [0.4, 0.5) is 5.69 Å². The second-order valence-corrected chi connectivity index (χ2v) is 7.38. The van der Waals surface area contributed by atoms with Gasteiger partial charge in [-0.2, -0.15) is 5.10 Å². The van der Waals surface area contributed by atoms with Gasteiger partial charge < -0.3 is 10.1 Å². The smallest absolute Gasteiger partial charge is 0.313 e. The Morgan fingerprint density at radius 3 is 2.61 bits per heavy atom. The maximum absolute atomic E-state index is 12.2. The Morgan fingerprint density at radius 1 is 1.35 bits per heavy atom. The van der Waals surface area contributed by atoms with Gasteiger partial charge in [-0.1, -0.05) is 0 Å². The third kappa shape index (κ3) is 4.38. The Balaban J connectivity index is 1.96. The molecule has 0 radical (unpaired) electrons. The fraction of sp³-hybridized carbons (Fsp3) is 0.467. The number of amides is 1. The van der Waals surface area contributed by atoms with Crippen molar-refractivity contribution >= 4 is 28.9 Å². The fourth-order valence-corrected chi connectivity index (χ4v) is 2.58. The second kappa shape index (κ2) is 6.49.